The van der Waals surface area contributed by atoms with Gasteiger partial charge in [-0.3, -0.25) is 4.79 Å². The molecule has 1 rings (SSSR count). The van der Waals surface area contributed by atoms with Crippen LogP contribution in [-0.2, 0) is 10.5 Å². The maximum Gasteiger partial charge on any atom is 0.230 e. The molecule has 1 aromatic carbocycles. The van der Waals surface area contributed by atoms with Crippen LogP contribution in [0.4, 0.5) is 0 Å². The molecule has 1 aromatic rings. The average molecular weight is 274 g/mol. The second-order valence-electron chi connectivity index (χ2n) is 2.95. The number of hydrogen-bond donors (Lipinski definition) is 1. The number of nitrogens with two attached hydrogens (primary N) is 1. The lowest BCUT2D eigenvalue weighted by molar-refractivity contribution is -0.117. The first kappa shape index (κ1) is 11.6. The van der Waals surface area contributed by atoms with Gasteiger partial charge in [0.05, 0.1) is 5.25 Å². The van der Waals surface area contributed by atoms with Gasteiger partial charge in [-0.25, -0.2) is 0 Å². The monoisotopic (exact) mass is 273 g/mol. The van der Waals surface area contributed by atoms with Gasteiger partial charge in [0.1, 0.15) is 0 Å². The molecule has 1 amide bonds. The van der Waals surface area contributed by atoms with Gasteiger partial charge >= 0.3 is 0 Å². The Morgan fingerprint density at radius 3 is 2.79 bits per heavy atom. The lowest BCUT2D eigenvalue weighted by Crippen LogP contribution is -2.22. The highest BCUT2D eigenvalue weighted by Crippen LogP contribution is 2.23. The maximum absolute atomic E-state index is 10.8. The van der Waals surface area contributed by atoms with Gasteiger partial charge in [0.25, 0.3) is 0 Å². The van der Waals surface area contributed by atoms with E-state index in [1.54, 1.807) is 11.8 Å². The van der Waals surface area contributed by atoms with E-state index in [9.17, 15) is 4.79 Å². The molecule has 0 spiro atoms. The van der Waals surface area contributed by atoms with Crippen LogP contribution >= 0.6 is 27.7 Å². The number of rotatable bonds is 4. The fraction of sp³-hybridized carbons (Fsp3) is 0.300. The van der Waals surface area contributed by atoms with E-state index in [1.165, 1.54) is 5.56 Å². The van der Waals surface area contributed by atoms with Gasteiger partial charge in [-0.15, -0.1) is 11.8 Å². The molecule has 0 heterocycles. The van der Waals surface area contributed by atoms with Crippen molar-refractivity contribution in [2.75, 3.05) is 0 Å². The van der Waals surface area contributed by atoms with Crippen LogP contribution in [0.3, 0.4) is 0 Å². The molecule has 1 atom stereocenters. The number of halogens is 1. The molecule has 0 aliphatic rings. The molecule has 0 aliphatic heterocycles. The smallest absolute Gasteiger partial charge is 0.230 e. The number of carbonyl (C=O) groups is 1. The summed E-state index contributed by atoms with van der Waals surface area (Å²) in [5.41, 5.74) is 6.35. The minimum atomic E-state index is -0.262. The largest absolute Gasteiger partial charge is 0.369 e. The molecule has 0 saturated carbocycles. The topological polar surface area (TPSA) is 43.1 Å². The van der Waals surface area contributed by atoms with Crippen LogP contribution in [0, 0.1) is 0 Å². The van der Waals surface area contributed by atoms with Crippen LogP contribution in [-0.4, -0.2) is 11.2 Å². The van der Waals surface area contributed by atoms with E-state index in [0.29, 0.717) is 0 Å². The quantitative estimate of drug-likeness (QED) is 0.917. The van der Waals surface area contributed by atoms with Gasteiger partial charge in [0, 0.05) is 10.2 Å². The molecular formula is C10H12BrNOS. The van der Waals surface area contributed by atoms with Gasteiger partial charge in [-0.2, -0.15) is 0 Å². The van der Waals surface area contributed by atoms with Gasteiger partial charge in [-0.05, 0) is 18.6 Å². The Morgan fingerprint density at radius 1 is 1.57 bits per heavy atom. The second-order valence-corrected chi connectivity index (χ2v) is 5.13. The lowest BCUT2D eigenvalue weighted by Gasteiger charge is -2.07. The first-order valence-corrected chi connectivity index (χ1v) is 6.09. The number of thioether (sulfide) groups is 1. The van der Waals surface area contributed by atoms with Gasteiger partial charge in [0.15, 0.2) is 0 Å². The molecule has 14 heavy (non-hydrogen) atoms. The third kappa shape index (κ3) is 3.35. The van der Waals surface area contributed by atoms with Crippen molar-refractivity contribution in [2.45, 2.75) is 17.9 Å². The first-order valence-electron chi connectivity index (χ1n) is 4.25. The molecule has 0 aromatic heterocycles. The summed E-state index contributed by atoms with van der Waals surface area (Å²) < 4.78 is 1.07. The number of primary amides is 1. The standard InChI is InChI=1S/C10H12BrNOS/c1-7(10(12)13)14-6-8-4-2-3-5-9(8)11/h2-5,7H,6H2,1H3,(H2,12,13). The van der Waals surface area contributed by atoms with Crippen molar-refractivity contribution >= 4 is 33.6 Å². The Kier molecular flexibility index (Phi) is 4.48. The van der Waals surface area contributed by atoms with Gasteiger partial charge in [0.2, 0.25) is 5.91 Å². The molecular weight excluding hydrogens is 262 g/mol. The van der Waals surface area contributed by atoms with Crippen LogP contribution in [0.2, 0.25) is 0 Å². The fourth-order valence-electron chi connectivity index (χ4n) is 0.912. The van der Waals surface area contributed by atoms with Crippen molar-refractivity contribution in [3.63, 3.8) is 0 Å². The number of carbonyl (C=O) groups excluding carboxylic acids is 1. The Hall–Kier alpha value is -0.480. The summed E-state index contributed by atoms with van der Waals surface area (Å²) >= 11 is 5.00. The number of hydrogen-bond acceptors (Lipinski definition) is 2. The summed E-state index contributed by atoms with van der Waals surface area (Å²) in [6.07, 6.45) is 0. The summed E-state index contributed by atoms with van der Waals surface area (Å²) in [6, 6.07) is 7.97. The Balaban J connectivity index is 2.54. The Labute approximate surface area is 96.4 Å². The van der Waals surface area contributed by atoms with E-state index < -0.39 is 0 Å². The predicted molar refractivity (Wildman–Crippen MR) is 64.1 cm³/mol. The third-order valence-corrected chi connectivity index (χ3v) is 3.83. The molecule has 0 radical (unpaired) electrons. The number of amides is 1. The van der Waals surface area contributed by atoms with Crippen LogP contribution in [0.5, 0.6) is 0 Å². The molecule has 0 fully saturated rings. The number of benzene rings is 1. The van der Waals surface area contributed by atoms with Crippen LogP contribution < -0.4 is 5.73 Å². The normalized spacial score (nSPS) is 12.4. The molecule has 1 unspecified atom stereocenters. The highest BCUT2D eigenvalue weighted by Gasteiger charge is 2.09. The molecule has 4 heteroatoms. The van der Waals surface area contributed by atoms with Gasteiger partial charge < -0.3 is 5.73 Å². The summed E-state index contributed by atoms with van der Waals surface area (Å²) in [6.45, 7) is 1.82. The fourth-order valence-corrected chi connectivity index (χ4v) is 2.37. The molecule has 2 N–H and O–H groups in total. The zero-order valence-electron chi connectivity index (χ0n) is 7.87. The van der Waals surface area contributed by atoms with Crippen molar-refractivity contribution in [2.24, 2.45) is 5.73 Å². The van der Waals surface area contributed by atoms with Crippen molar-refractivity contribution in [3.8, 4) is 0 Å². The molecule has 0 bridgehead atoms. The van der Waals surface area contributed by atoms with E-state index in [1.807, 2.05) is 31.2 Å². The van der Waals surface area contributed by atoms with Crippen molar-refractivity contribution < 1.29 is 4.79 Å². The van der Waals surface area contributed by atoms with E-state index in [-0.39, 0.29) is 11.2 Å². The zero-order chi connectivity index (χ0) is 10.6. The third-order valence-electron chi connectivity index (χ3n) is 1.85. The summed E-state index contributed by atoms with van der Waals surface area (Å²) in [7, 11) is 0. The second kappa shape index (κ2) is 5.41. The average Bonchev–Trinajstić information content (AvgIpc) is 2.16. The highest BCUT2D eigenvalue weighted by molar-refractivity contribution is 9.10. The summed E-state index contributed by atoms with van der Waals surface area (Å²) in [5, 5.41) is -0.137. The van der Waals surface area contributed by atoms with Crippen molar-refractivity contribution in [1.29, 1.82) is 0 Å². The molecule has 0 saturated heterocycles. The summed E-state index contributed by atoms with van der Waals surface area (Å²) in [4.78, 5) is 10.8. The van der Waals surface area contributed by atoms with Crippen molar-refractivity contribution in [1.82, 2.24) is 0 Å². The van der Waals surface area contributed by atoms with Crippen LogP contribution in [0.1, 0.15) is 12.5 Å². The van der Waals surface area contributed by atoms with Crippen LogP contribution in [0.15, 0.2) is 28.7 Å². The maximum atomic E-state index is 10.8. The van der Waals surface area contributed by atoms with Crippen molar-refractivity contribution in [3.05, 3.63) is 34.3 Å². The minimum Gasteiger partial charge on any atom is -0.369 e. The minimum absolute atomic E-state index is 0.137. The first-order chi connectivity index (χ1) is 6.61. The molecule has 2 nitrogen and oxygen atoms in total. The molecule has 76 valence electrons. The predicted octanol–water partition coefficient (Wildman–Crippen LogP) is 2.56. The van der Waals surface area contributed by atoms with E-state index in [2.05, 4.69) is 15.9 Å². The van der Waals surface area contributed by atoms with Gasteiger partial charge in [-0.1, -0.05) is 34.1 Å². The highest BCUT2D eigenvalue weighted by atomic mass is 79.9. The lowest BCUT2D eigenvalue weighted by atomic mass is 10.2. The Morgan fingerprint density at radius 2 is 2.21 bits per heavy atom. The van der Waals surface area contributed by atoms with E-state index in [4.69, 9.17) is 5.73 Å². The van der Waals surface area contributed by atoms with Crippen LogP contribution in [0.25, 0.3) is 0 Å². The van der Waals surface area contributed by atoms with E-state index >= 15 is 0 Å². The van der Waals surface area contributed by atoms with E-state index in [0.717, 1.165) is 10.2 Å². The molecule has 0 aliphatic carbocycles. The summed E-state index contributed by atoms with van der Waals surface area (Å²) in [5.74, 6) is 0.535. The zero-order valence-corrected chi connectivity index (χ0v) is 10.3. The Bertz CT molecular complexity index is 330. The SMILES string of the molecule is CC(SCc1ccccc1Br)C(N)=O.